The largest absolute Gasteiger partial charge is 0.468 e. The van der Waals surface area contributed by atoms with Gasteiger partial charge in [-0.1, -0.05) is 20.3 Å². The van der Waals surface area contributed by atoms with Crippen LogP contribution in [0.25, 0.3) is 0 Å². The molecule has 0 aliphatic carbocycles. The molecule has 0 aromatic rings. The molecular formula is C11H23NO4. The predicted molar refractivity (Wildman–Crippen MR) is 61.1 cm³/mol. The van der Waals surface area contributed by atoms with Crippen LogP contribution in [0.4, 0.5) is 0 Å². The van der Waals surface area contributed by atoms with Crippen LogP contribution in [0.3, 0.4) is 0 Å². The van der Waals surface area contributed by atoms with Gasteiger partial charge in [-0.2, -0.15) is 0 Å². The quantitative estimate of drug-likeness (QED) is 0.496. The van der Waals surface area contributed by atoms with Crippen molar-refractivity contribution in [1.29, 1.82) is 0 Å². The first kappa shape index (κ1) is 15.3. The first-order chi connectivity index (χ1) is 7.60. The summed E-state index contributed by atoms with van der Waals surface area (Å²) in [4.78, 5) is 11.5. The maximum absolute atomic E-state index is 11.5. The van der Waals surface area contributed by atoms with Gasteiger partial charge < -0.3 is 14.2 Å². The van der Waals surface area contributed by atoms with Crippen molar-refractivity contribution in [3.63, 3.8) is 0 Å². The highest BCUT2D eigenvalue weighted by Crippen LogP contribution is 2.09. The lowest BCUT2D eigenvalue weighted by atomic mass is 9.99. The second-order valence-corrected chi connectivity index (χ2v) is 3.70. The Kier molecular flexibility index (Phi) is 8.15. The maximum Gasteiger partial charge on any atom is 0.323 e. The summed E-state index contributed by atoms with van der Waals surface area (Å²) in [6, 6.07) is -0.317. The third-order valence-electron chi connectivity index (χ3n) is 2.70. The molecule has 96 valence electrons. The van der Waals surface area contributed by atoms with Crippen LogP contribution in [0.5, 0.6) is 0 Å². The third-order valence-corrected chi connectivity index (χ3v) is 2.70. The number of hydrogen-bond donors (Lipinski definition) is 1. The van der Waals surface area contributed by atoms with E-state index < -0.39 is 0 Å². The highest BCUT2D eigenvalue weighted by molar-refractivity contribution is 5.75. The van der Waals surface area contributed by atoms with Crippen molar-refractivity contribution < 1.29 is 19.0 Å². The molecule has 0 heterocycles. The molecular weight excluding hydrogens is 210 g/mol. The smallest absolute Gasteiger partial charge is 0.323 e. The number of nitrogens with one attached hydrogen (secondary N) is 1. The Morgan fingerprint density at radius 2 is 1.81 bits per heavy atom. The zero-order valence-corrected chi connectivity index (χ0v) is 10.8. The lowest BCUT2D eigenvalue weighted by molar-refractivity contribution is -0.145. The highest BCUT2D eigenvalue weighted by Gasteiger charge is 2.25. The summed E-state index contributed by atoms with van der Waals surface area (Å²) in [7, 11) is 4.52. The third kappa shape index (κ3) is 4.92. The van der Waals surface area contributed by atoms with Crippen LogP contribution in [0, 0.1) is 5.92 Å². The maximum atomic E-state index is 11.5. The van der Waals surface area contributed by atoms with Gasteiger partial charge in [-0.25, -0.2) is 0 Å². The average molecular weight is 233 g/mol. The lowest BCUT2D eigenvalue weighted by Gasteiger charge is -2.24. The predicted octanol–water partition coefficient (Wildman–Crippen LogP) is 0.783. The number of carbonyl (C=O) groups excluding carboxylic acids is 1. The number of carbonyl (C=O) groups is 1. The number of methoxy groups -OCH3 is 3. The summed E-state index contributed by atoms with van der Waals surface area (Å²) in [6.07, 6.45) is 0.549. The van der Waals surface area contributed by atoms with E-state index >= 15 is 0 Å². The molecule has 0 radical (unpaired) electrons. The van der Waals surface area contributed by atoms with Crippen molar-refractivity contribution in [1.82, 2.24) is 5.32 Å². The molecule has 0 spiro atoms. The highest BCUT2D eigenvalue weighted by atomic mass is 16.7. The zero-order valence-electron chi connectivity index (χ0n) is 10.8. The summed E-state index contributed by atoms with van der Waals surface area (Å²) in [6.45, 7) is 4.49. The molecule has 0 aromatic carbocycles. The van der Waals surface area contributed by atoms with E-state index in [1.54, 1.807) is 14.2 Å². The van der Waals surface area contributed by atoms with Gasteiger partial charge in [0.05, 0.1) is 7.11 Å². The minimum absolute atomic E-state index is 0.210. The van der Waals surface area contributed by atoms with Gasteiger partial charge in [0, 0.05) is 20.8 Å². The Bertz CT molecular complexity index is 194. The fraction of sp³-hybridized carbons (Fsp3) is 0.909. The number of esters is 1. The first-order valence-corrected chi connectivity index (χ1v) is 5.47. The number of rotatable bonds is 8. The van der Waals surface area contributed by atoms with Crippen molar-refractivity contribution in [2.24, 2.45) is 5.92 Å². The molecule has 1 N–H and O–H groups in total. The summed E-state index contributed by atoms with van der Waals surface area (Å²) in [5.41, 5.74) is 0. The van der Waals surface area contributed by atoms with Crippen molar-refractivity contribution in [2.75, 3.05) is 27.9 Å². The van der Waals surface area contributed by atoms with Gasteiger partial charge in [-0.15, -0.1) is 0 Å². The van der Waals surface area contributed by atoms with Crippen LogP contribution in [-0.2, 0) is 19.0 Å². The molecule has 16 heavy (non-hydrogen) atoms. The number of hydrogen-bond acceptors (Lipinski definition) is 5. The molecule has 2 unspecified atom stereocenters. The van der Waals surface area contributed by atoms with Crippen molar-refractivity contribution in [2.45, 2.75) is 32.6 Å². The van der Waals surface area contributed by atoms with Gasteiger partial charge in [0.25, 0.3) is 0 Å². The van der Waals surface area contributed by atoms with Crippen LogP contribution in [0.2, 0.25) is 0 Å². The molecule has 0 aliphatic heterocycles. The Labute approximate surface area is 97.4 Å². The molecule has 0 bridgehead atoms. The van der Waals surface area contributed by atoms with Crippen LogP contribution in [-0.4, -0.2) is 46.2 Å². The van der Waals surface area contributed by atoms with Crippen molar-refractivity contribution in [3.05, 3.63) is 0 Å². The Morgan fingerprint density at radius 3 is 2.19 bits per heavy atom. The van der Waals surface area contributed by atoms with Crippen LogP contribution in [0.15, 0.2) is 0 Å². The number of ether oxygens (including phenoxy) is 3. The van der Waals surface area contributed by atoms with Gasteiger partial charge in [-0.05, 0) is 5.92 Å². The van der Waals surface area contributed by atoms with Crippen molar-refractivity contribution in [3.8, 4) is 0 Å². The normalized spacial score (nSPS) is 14.9. The summed E-state index contributed by atoms with van der Waals surface area (Å²) >= 11 is 0. The van der Waals surface area contributed by atoms with E-state index in [1.807, 2.05) is 13.8 Å². The fourth-order valence-corrected chi connectivity index (χ4v) is 1.37. The minimum Gasteiger partial charge on any atom is -0.468 e. The molecule has 0 aromatic heterocycles. The molecule has 0 saturated heterocycles. The fourth-order valence-electron chi connectivity index (χ4n) is 1.37. The Morgan fingerprint density at radius 1 is 1.25 bits per heavy atom. The molecule has 0 saturated carbocycles. The zero-order chi connectivity index (χ0) is 12.6. The molecule has 0 aliphatic rings. The molecule has 0 rings (SSSR count). The lowest BCUT2D eigenvalue weighted by Crippen LogP contribution is -2.46. The molecule has 5 nitrogen and oxygen atoms in total. The van der Waals surface area contributed by atoms with Gasteiger partial charge in [0.2, 0.25) is 0 Å². The van der Waals surface area contributed by atoms with E-state index in [-0.39, 0.29) is 24.2 Å². The van der Waals surface area contributed by atoms with E-state index in [1.165, 1.54) is 7.11 Å². The second-order valence-electron chi connectivity index (χ2n) is 3.70. The molecule has 0 fully saturated rings. The topological polar surface area (TPSA) is 56.8 Å². The summed E-state index contributed by atoms with van der Waals surface area (Å²) in [5, 5.41) is 3.10. The SMILES string of the molecule is CCC(C)C(NCC(OC)OC)C(=O)OC. The van der Waals surface area contributed by atoms with Gasteiger partial charge >= 0.3 is 5.97 Å². The van der Waals surface area contributed by atoms with E-state index in [0.717, 1.165) is 6.42 Å². The summed E-state index contributed by atoms with van der Waals surface area (Å²) in [5.74, 6) is -0.0397. The standard InChI is InChI=1S/C11H23NO4/c1-6-8(2)10(11(13)16-5)12-7-9(14-3)15-4/h8-10,12H,6-7H2,1-5H3. The van der Waals surface area contributed by atoms with Gasteiger partial charge in [0.15, 0.2) is 6.29 Å². The summed E-state index contributed by atoms with van der Waals surface area (Å²) < 4.78 is 14.8. The molecule has 5 heteroatoms. The average Bonchev–Trinajstić information content (AvgIpc) is 2.33. The minimum atomic E-state index is -0.351. The Hall–Kier alpha value is -0.650. The first-order valence-electron chi connectivity index (χ1n) is 5.47. The van der Waals surface area contributed by atoms with Crippen molar-refractivity contribution >= 4 is 5.97 Å². The van der Waals surface area contributed by atoms with Gasteiger partial charge in [-0.3, -0.25) is 10.1 Å². The van der Waals surface area contributed by atoms with E-state index in [9.17, 15) is 4.79 Å². The van der Waals surface area contributed by atoms with E-state index in [0.29, 0.717) is 6.54 Å². The molecule has 2 atom stereocenters. The second kappa shape index (κ2) is 8.50. The van der Waals surface area contributed by atoms with Crippen LogP contribution in [0.1, 0.15) is 20.3 Å². The van der Waals surface area contributed by atoms with Crippen LogP contribution < -0.4 is 5.32 Å². The Balaban J connectivity index is 4.26. The monoisotopic (exact) mass is 233 g/mol. The van der Waals surface area contributed by atoms with E-state index in [2.05, 4.69) is 5.32 Å². The molecule has 0 amide bonds. The van der Waals surface area contributed by atoms with Crippen LogP contribution >= 0.6 is 0 Å². The van der Waals surface area contributed by atoms with Gasteiger partial charge in [0.1, 0.15) is 6.04 Å². The van der Waals surface area contributed by atoms with E-state index in [4.69, 9.17) is 14.2 Å².